The number of ether oxygens (including phenoxy) is 2. The van der Waals surface area contributed by atoms with Gasteiger partial charge in [-0.05, 0) is 127 Å². The van der Waals surface area contributed by atoms with Crippen molar-refractivity contribution in [3.63, 3.8) is 0 Å². The predicted molar refractivity (Wildman–Crippen MR) is 188 cm³/mol. The van der Waals surface area contributed by atoms with Gasteiger partial charge in [0.15, 0.2) is 0 Å². The van der Waals surface area contributed by atoms with Gasteiger partial charge in [-0.3, -0.25) is 0 Å². The van der Waals surface area contributed by atoms with Crippen LogP contribution in [0.25, 0.3) is 0 Å². The van der Waals surface area contributed by atoms with Crippen molar-refractivity contribution in [1.82, 2.24) is 0 Å². The van der Waals surface area contributed by atoms with Crippen molar-refractivity contribution in [2.75, 3.05) is 11.5 Å². The average Bonchev–Trinajstić information content (AvgIpc) is 3.08. The van der Waals surface area contributed by atoms with Gasteiger partial charge >= 0.3 is 0 Å². The Bertz CT molecular complexity index is 1430. The Morgan fingerprint density at radius 1 is 0.578 bits per heavy atom. The summed E-state index contributed by atoms with van der Waals surface area (Å²) >= 11 is 0. The largest absolute Gasteiger partial charge is 0.457 e. The highest BCUT2D eigenvalue weighted by Crippen LogP contribution is 2.46. The summed E-state index contributed by atoms with van der Waals surface area (Å²) in [6.07, 6.45) is 14.8. The predicted octanol–water partition coefficient (Wildman–Crippen LogP) is 11.6. The molecule has 4 N–H and O–H groups in total. The highest BCUT2D eigenvalue weighted by molar-refractivity contribution is 5.52. The molecular formula is C41H50N2O2. The Hall–Kier alpha value is -3.92. The van der Waals surface area contributed by atoms with E-state index in [0.717, 1.165) is 47.2 Å². The van der Waals surface area contributed by atoms with Crippen LogP contribution in [0.1, 0.15) is 125 Å². The maximum atomic E-state index is 6.55. The second-order valence-corrected chi connectivity index (χ2v) is 13.6. The van der Waals surface area contributed by atoms with Gasteiger partial charge in [-0.25, -0.2) is 0 Å². The van der Waals surface area contributed by atoms with Crippen molar-refractivity contribution >= 4 is 11.4 Å². The molecule has 45 heavy (non-hydrogen) atoms. The summed E-state index contributed by atoms with van der Waals surface area (Å²) in [6, 6.07) is 29.6. The third kappa shape index (κ3) is 7.16. The van der Waals surface area contributed by atoms with Crippen LogP contribution < -0.4 is 20.9 Å². The number of rotatable bonds is 10. The van der Waals surface area contributed by atoms with Crippen molar-refractivity contribution in [2.24, 2.45) is 0 Å². The van der Waals surface area contributed by atoms with E-state index in [2.05, 4.69) is 50.2 Å². The van der Waals surface area contributed by atoms with Crippen LogP contribution in [0.4, 0.5) is 11.4 Å². The third-order valence-electron chi connectivity index (χ3n) is 10.3. The summed E-state index contributed by atoms with van der Waals surface area (Å²) < 4.78 is 13.1. The zero-order valence-electron chi connectivity index (χ0n) is 27.2. The number of benzene rings is 4. The number of hydrogen-bond acceptors (Lipinski definition) is 4. The normalized spacial score (nSPS) is 16.4. The van der Waals surface area contributed by atoms with E-state index in [-0.39, 0.29) is 5.41 Å². The average molecular weight is 603 g/mol. The van der Waals surface area contributed by atoms with E-state index in [4.69, 9.17) is 20.9 Å². The molecule has 4 aromatic carbocycles. The van der Waals surface area contributed by atoms with Crippen LogP contribution in [-0.4, -0.2) is 0 Å². The topological polar surface area (TPSA) is 70.5 Å². The minimum atomic E-state index is -0.138. The molecule has 0 aromatic heterocycles. The van der Waals surface area contributed by atoms with Crippen LogP contribution in [0.15, 0.2) is 84.9 Å². The van der Waals surface area contributed by atoms with Gasteiger partial charge in [0.05, 0.1) is 0 Å². The fourth-order valence-electron chi connectivity index (χ4n) is 7.72. The lowest BCUT2D eigenvalue weighted by atomic mass is 9.70. The first-order valence-electron chi connectivity index (χ1n) is 17.3. The summed E-state index contributed by atoms with van der Waals surface area (Å²) in [6.45, 7) is 4.75. The van der Waals surface area contributed by atoms with Gasteiger partial charge in [0, 0.05) is 16.8 Å². The van der Waals surface area contributed by atoms with Gasteiger partial charge in [-0.15, -0.1) is 0 Å². The van der Waals surface area contributed by atoms with Crippen LogP contribution in [-0.2, 0) is 5.41 Å². The summed E-state index contributed by atoms with van der Waals surface area (Å²) in [7, 11) is 0. The van der Waals surface area contributed by atoms with Crippen molar-refractivity contribution in [3.8, 4) is 23.0 Å². The molecule has 2 aliphatic carbocycles. The van der Waals surface area contributed by atoms with Crippen LogP contribution in [0.5, 0.6) is 23.0 Å². The van der Waals surface area contributed by atoms with Gasteiger partial charge in [0.1, 0.15) is 23.0 Å². The summed E-state index contributed by atoms with van der Waals surface area (Å²) in [5, 5.41) is 0. The Morgan fingerprint density at radius 3 is 1.36 bits per heavy atom. The fraction of sp³-hybridized carbons (Fsp3) is 0.415. The van der Waals surface area contributed by atoms with Crippen molar-refractivity contribution in [3.05, 3.63) is 107 Å². The molecule has 2 fully saturated rings. The first-order valence-corrected chi connectivity index (χ1v) is 17.3. The minimum Gasteiger partial charge on any atom is -0.457 e. The van der Waals surface area contributed by atoms with E-state index < -0.39 is 0 Å². The molecule has 0 aliphatic heterocycles. The molecule has 0 saturated heterocycles. The van der Waals surface area contributed by atoms with E-state index in [0.29, 0.717) is 11.8 Å². The molecule has 0 heterocycles. The number of hydrogen-bond donors (Lipinski definition) is 2. The Kier molecular flexibility index (Phi) is 9.68. The van der Waals surface area contributed by atoms with Crippen LogP contribution in [0.3, 0.4) is 0 Å². The van der Waals surface area contributed by atoms with Crippen molar-refractivity contribution in [2.45, 2.75) is 108 Å². The second-order valence-electron chi connectivity index (χ2n) is 13.6. The maximum Gasteiger partial charge on any atom is 0.130 e. The monoisotopic (exact) mass is 602 g/mol. The maximum absolute atomic E-state index is 6.55. The van der Waals surface area contributed by atoms with Crippen LogP contribution in [0, 0.1) is 0 Å². The zero-order valence-corrected chi connectivity index (χ0v) is 27.2. The molecule has 0 atom stereocenters. The SMILES string of the molecule is CCCC(C)(c1ccc(Oc2ccc(N)cc2)c(C2CCCCC2)c1)c1ccc(Oc2ccc(N)cc2)c(C2CCCCC2)c1. The van der Waals surface area contributed by atoms with E-state index >= 15 is 0 Å². The molecular weight excluding hydrogens is 552 g/mol. The fourth-order valence-corrected chi connectivity index (χ4v) is 7.72. The highest BCUT2D eigenvalue weighted by atomic mass is 16.5. The number of nitrogen functional groups attached to an aromatic ring is 2. The van der Waals surface area contributed by atoms with E-state index in [9.17, 15) is 0 Å². The molecule has 0 radical (unpaired) electrons. The van der Waals surface area contributed by atoms with Gasteiger partial charge in [0.25, 0.3) is 0 Å². The van der Waals surface area contributed by atoms with Crippen LogP contribution >= 0.6 is 0 Å². The summed E-state index contributed by atoms with van der Waals surface area (Å²) in [5.41, 5.74) is 18.7. The summed E-state index contributed by atoms with van der Waals surface area (Å²) in [5.74, 6) is 4.65. The molecule has 2 aliphatic rings. The quantitative estimate of drug-likeness (QED) is 0.177. The highest BCUT2D eigenvalue weighted by Gasteiger charge is 2.32. The molecule has 4 aromatic rings. The molecule has 236 valence electrons. The molecule has 0 spiro atoms. The van der Waals surface area contributed by atoms with Crippen molar-refractivity contribution < 1.29 is 9.47 Å². The summed E-state index contributed by atoms with van der Waals surface area (Å²) in [4.78, 5) is 0. The van der Waals surface area contributed by atoms with E-state index in [1.807, 2.05) is 48.5 Å². The van der Waals surface area contributed by atoms with Crippen LogP contribution in [0.2, 0.25) is 0 Å². The molecule has 6 rings (SSSR count). The lowest BCUT2D eigenvalue weighted by molar-refractivity contribution is 0.415. The van der Waals surface area contributed by atoms with Gasteiger partial charge in [-0.1, -0.05) is 83.1 Å². The first-order chi connectivity index (χ1) is 21.9. The molecule has 4 nitrogen and oxygen atoms in total. The van der Waals surface area contributed by atoms with Crippen molar-refractivity contribution in [1.29, 1.82) is 0 Å². The molecule has 2 saturated carbocycles. The van der Waals surface area contributed by atoms with Gasteiger partial charge in [-0.2, -0.15) is 0 Å². The first kappa shape index (κ1) is 31.1. The number of nitrogens with two attached hydrogens (primary N) is 2. The lowest BCUT2D eigenvalue weighted by Gasteiger charge is -2.34. The molecule has 0 bridgehead atoms. The van der Waals surface area contributed by atoms with Gasteiger partial charge in [0.2, 0.25) is 0 Å². The molecule has 0 unspecified atom stereocenters. The zero-order chi connectivity index (χ0) is 31.2. The Labute approximate surface area is 270 Å². The lowest BCUT2D eigenvalue weighted by Crippen LogP contribution is -2.24. The van der Waals surface area contributed by atoms with Gasteiger partial charge < -0.3 is 20.9 Å². The van der Waals surface area contributed by atoms with E-state index in [1.165, 1.54) is 86.5 Å². The second kappa shape index (κ2) is 14.0. The molecule has 0 amide bonds. The molecule has 4 heteroatoms. The minimum absolute atomic E-state index is 0.138. The third-order valence-corrected chi connectivity index (χ3v) is 10.3. The Morgan fingerprint density at radius 2 is 0.978 bits per heavy atom. The smallest absolute Gasteiger partial charge is 0.130 e. The number of anilines is 2. The van der Waals surface area contributed by atoms with E-state index in [1.54, 1.807) is 0 Å². The Balaban J connectivity index is 1.40. The standard InChI is InChI=1S/C41H50N2O2/c1-3-26-41(2,31-14-24-39(44-35-20-16-33(42)17-21-35)37(27-31)29-10-6-4-7-11-29)32-15-25-40(45-36-22-18-34(43)19-23-36)38(28-32)30-12-8-5-9-13-30/h14-25,27-30H,3-13,26,42-43H2,1-2H3.